The Hall–Kier alpha value is -1.10. The fourth-order valence-electron chi connectivity index (χ4n) is 3.02. The van der Waals surface area contributed by atoms with Gasteiger partial charge in [-0.05, 0) is 36.3 Å². The number of benzene rings is 1. The quantitative estimate of drug-likeness (QED) is 0.804. The summed E-state index contributed by atoms with van der Waals surface area (Å²) in [6.45, 7) is 7.97. The minimum atomic E-state index is -0.666. The van der Waals surface area contributed by atoms with E-state index in [1.165, 1.54) is 0 Å². The van der Waals surface area contributed by atoms with Crippen LogP contribution in [0.1, 0.15) is 25.0 Å². The predicted molar refractivity (Wildman–Crippen MR) is 86.6 cm³/mol. The summed E-state index contributed by atoms with van der Waals surface area (Å²) in [5.41, 5.74) is 7.30. The number of nitrogens with one attached hydrogen (secondary N) is 1. The minimum Gasteiger partial charge on any atom is -0.368 e. The molecule has 3 N–H and O–H groups in total. The van der Waals surface area contributed by atoms with Gasteiger partial charge in [0.1, 0.15) is 5.54 Å². The maximum atomic E-state index is 12.0. The van der Waals surface area contributed by atoms with Crippen LogP contribution >= 0.6 is 11.6 Å². The molecule has 1 unspecified atom stereocenters. The van der Waals surface area contributed by atoms with Crippen molar-refractivity contribution in [3.8, 4) is 0 Å². The van der Waals surface area contributed by atoms with Crippen molar-refractivity contribution in [1.82, 2.24) is 10.2 Å². The van der Waals surface area contributed by atoms with Crippen molar-refractivity contribution < 1.29 is 4.79 Å². The Morgan fingerprint density at radius 1 is 1.33 bits per heavy atom. The number of primary amides is 1. The van der Waals surface area contributed by atoms with Gasteiger partial charge in [-0.2, -0.15) is 0 Å². The van der Waals surface area contributed by atoms with E-state index < -0.39 is 5.54 Å². The fraction of sp³-hybridized carbons (Fsp3) is 0.562. The van der Waals surface area contributed by atoms with Crippen LogP contribution in [0.5, 0.6) is 0 Å². The van der Waals surface area contributed by atoms with Crippen molar-refractivity contribution >= 4 is 17.5 Å². The molecule has 2 rings (SSSR count). The van der Waals surface area contributed by atoms with Crippen molar-refractivity contribution in [3.05, 3.63) is 34.3 Å². The number of hydrogen-bond donors (Lipinski definition) is 2. The summed E-state index contributed by atoms with van der Waals surface area (Å²) >= 11 is 6.04. The number of rotatable bonds is 7. The third-order valence-electron chi connectivity index (χ3n) is 4.41. The minimum absolute atomic E-state index is 0.283. The molecule has 1 aromatic rings. The van der Waals surface area contributed by atoms with Crippen LogP contribution in [0.15, 0.2) is 18.2 Å². The average molecular weight is 310 g/mol. The molecule has 0 fully saturated rings. The standard InChI is InChI=1S/C16H24ClN3O/c1-3-20(4-2)8-7-19-16(15(18)21)10-12-5-6-14(17)9-13(12)11-16/h5-6,9,19H,3-4,7-8,10-11H2,1-2H3,(H2,18,21). The van der Waals surface area contributed by atoms with Crippen LogP contribution in [-0.4, -0.2) is 42.5 Å². The molecule has 0 radical (unpaired) electrons. The van der Waals surface area contributed by atoms with Gasteiger partial charge in [0.2, 0.25) is 5.91 Å². The Bertz CT molecular complexity index is 516. The summed E-state index contributed by atoms with van der Waals surface area (Å²) in [6.07, 6.45) is 1.27. The molecule has 0 heterocycles. The lowest BCUT2D eigenvalue weighted by atomic mass is 9.94. The van der Waals surface area contributed by atoms with Crippen LogP contribution in [0.3, 0.4) is 0 Å². The molecule has 0 spiro atoms. The van der Waals surface area contributed by atoms with E-state index in [2.05, 4.69) is 24.1 Å². The number of nitrogens with two attached hydrogens (primary N) is 1. The first-order valence-electron chi connectivity index (χ1n) is 7.55. The number of carbonyl (C=O) groups excluding carboxylic acids is 1. The number of amides is 1. The number of likely N-dealkylation sites (N-methyl/N-ethyl adjacent to an activating group) is 1. The van der Waals surface area contributed by atoms with Crippen molar-refractivity contribution in [2.75, 3.05) is 26.2 Å². The highest BCUT2D eigenvalue weighted by Crippen LogP contribution is 2.31. The number of nitrogens with zero attached hydrogens (tertiary/aromatic N) is 1. The van der Waals surface area contributed by atoms with E-state index in [9.17, 15) is 4.79 Å². The second-order valence-electron chi connectivity index (χ2n) is 5.67. The lowest BCUT2D eigenvalue weighted by Gasteiger charge is -2.28. The van der Waals surface area contributed by atoms with Gasteiger partial charge in [-0.15, -0.1) is 0 Å². The molecule has 116 valence electrons. The smallest absolute Gasteiger partial charge is 0.238 e. The van der Waals surface area contributed by atoms with Crippen molar-refractivity contribution in [2.24, 2.45) is 5.73 Å². The Morgan fingerprint density at radius 3 is 2.62 bits per heavy atom. The zero-order valence-electron chi connectivity index (χ0n) is 12.8. The Kier molecular flexibility index (Phi) is 5.25. The molecule has 0 saturated carbocycles. The van der Waals surface area contributed by atoms with E-state index in [0.717, 1.165) is 37.3 Å². The summed E-state index contributed by atoms with van der Waals surface area (Å²) in [7, 11) is 0. The molecule has 1 aliphatic rings. The third-order valence-corrected chi connectivity index (χ3v) is 4.65. The highest BCUT2D eigenvalue weighted by atomic mass is 35.5. The molecule has 4 nitrogen and oxygen atoms in total. The highest BCUT2D eigenvalue weighted by molar-refractivity contribution is 6.30. The van der Waals surface area contributed by atoms with Crippen LogP contribution < -0.4 is 11.1 Å². The van der Waals surface area contributed by atoms with Gasteiger partial charge in [0.25, 0.3) is 0 Å². The molecule has 0 bridgehead atoms. The summed E-state index contributed by atoms with van der Waals surface area (Å²) in [5.74, 6) is -0.283. The van der Waals surface area contributed by atoms with Crippen molar-refractivity contribution in [1.29, 1.82) is 0 Å². The van der Waals surface area contributed by atoms with Crippen LogP contribution in [0.2, 0.25) is 5.02 Å². The summed E-state index contributed by atoms with van der Waals surface area (Å²) in [6, 6.07) is 5.80. The van der Waals surface area contributed by atoms with Crippen LogP contribution in [0.4, 0.5) is 0 Å². The van der Waals surface area contributed by atoms with E-state index in [1.807, 2.05) is 18.2 Å². The number of halogens is 1. The van der Waals surface area contributed by atoms with Gasteiger partial charge in [-0.3, -0.25) is 4.79 Å². The van der Waals surface area contributed by atoms with Crippen LogP contribution in [0, 0.1) is 0 Å². The lowest BCUT2D eigenvalue weighted by molar-refractivity contribution is -0.124. The number of carbonyl (C=O) groups is 1. The van der Waals surface area contributed by atoms with E-state index in [-0.39, 0.29) is 5.91 Å². The van der Waals surface area contributed by atoms with Gasteiger partial charge in [0.05, 0.1) is 0 Å². The number of fused-ring (bicyclic) bond motifs is 1. The molecule has 1 aromatic carbocycles. The molecule has 5 heteroatoms. The second-order valence-corrected chi connectivity index (χ2v) is 6.10. The van der Waals surface area contributed by atoms with Crippen LogP contribution in [0.25, 0.3) is 0 Å². The van der Waals surface area contributed by atoms with Gasteiger partial charge in [0, 0.05) is 31.0 Å². The maximum absolute atomic E-state index is 12.0. The maximum Gasteiger partial charge on any atom is 0.238 e. The SMILES string of the molecule is CCN(CC)CCNC1(C(N)=O)Cc2ccc(Cl)cc2C1. The van der Waals surface area contributed by atoms with Crippen molar-refractivity contribution in [3.63, 3.8) is 0 Å². The first-order valence-corrected chi connectivity index (χ1v) is 7.93. The largest absolute Gasteiger partial charge is 0.368 e. The first-order chi connectivity index (χ1) is 10.0. The van der Waals surface area contributed by atoms with Gasteiger partial charge >= 0.3 is 0 Å². The monoisotopic (exact) mass is 309 g/mol. The van der Waals surface area contributed by atoms with Gasteiger partial charge in [-0.1, -0.05) is 31.5 Å². The van der Waals surface area contributed by atoms with E-state index >= 15 is 0 Å². The molecule has 0 aromatic heterocycles. The van der Waals surface area contributed by atoms with E-state index in [0.29, 0.717) is 17.9 Å². The highest BCUT2D eigenvalue weighted by Gasteiger charge is 2.42. The molecule has 1 amide bonds. The Morgan fingerprint density at radius 2 is 2.00 bits per heavy atom. The zero-order valence-corrected chi connectivity index (χ0v) is 13.5. The fourth-order valence-corrected chi connectivity index (χ4v) is 3.22. The Labute approximate surface area is 131 Å². The molecule has 21 heavy (non-hydrogen) atoms. The van der Waals surface area contributed by atoms with Crippen molar-refractivity contribution in [2.45, 2.75) is 32.2 Å². The molecular weight excluding hydrogens is 286 g/mol. The van der Waals surface area contributed by atoms with Gasteiger partial charge in [0.15, 0.2) is 0 Å². The lowest BCUT2D eigenvalue weighted by Crippen LogP contribution is -2.57. The number of hydrogen-bond acceptors (Lipinski definition) is 3. The average Bonchev–Trinajstić information content (AvgIpc) is 2.82. The van der Waals surface area contributed by atoms with Crippen LogP contribution in [-0.2, 0) is 17.6 Å². The normalized spacial score (nSPS) is 20.8. The third kappa shape index (κ3) is 3.57. The molecular formula is C16H24ClN3O. The van der Waals surface area contributed by atoms with Gasteiger partial charge < -0.3 is 16.0 Å². The zero-order chi connectivity index (χ0) is 15.5. The van der Waals surface area contributed by atoms with E-state index in [4.69, 9.17) is 17.3 Å². The van der Waals surface area contributed by atoms with E-state index in [1.54, 1.807) is 0 Å². The summed E-state index contributed by atoms with van der Waals surface area (Å²) in [5, 5.41) is 4.11. The van der Waals surface area contributed by atoms with Gasteiger partial charge in [-0.25, -0.2) is 0 Å². The molecule has 0 saturated heterocycles. The predicted octanol–water partition coefficient (Wildman–Crippen LogP) is 1.59. The Balaban J connectivity index is 2.05. The summed E-state index contributed by atoms with van der Waals surface area (Å²) < 4.78 is 0. The summed E-state index contributed by atoms with van der Waals surface area (Å²) in [4.78, 5) is 14.3. The second kappa shape index (κ2) is 6.77. The topological polar surface area (TPSA) is 58.4 Å². The molecule has 1 atom stereocenters. The molecule has 0 aliphatic heterocycles. The first kappa shape index (κ1) is 16.3. The molecule has 1 aliphatic carbocycles.